The van der Waals surface area contributed by atoms with E-state index in [1.54, 1.807) is 42.1 Å². The number of benzene rings is 1. The molecular formula is C23H23FN4O3. The molecule has 4 aromatic rings. The van der Waals surface area contributed by atoms with Crippen molar-refractivity contribution >= 4 is 22.6 Å². The zero-order valence-corrected chi connectivity index (χ0v) is 17.4. The Morgan fingerprint density at radius 1 is 1.19 bits per heavy atom. The van der Waals surface area contributed by atoms with E-state index in [9.17, 15) is 14.0 Å². The number of nitrogens with one attached hydrogen (secondary N) is 1. The van der Waals surface area contributed by atoms with Crippen molar-refractivity contribution in [3.05, 3.63) is 81.7 Å². The topological polar surface area (TPSA) is 77.6 Å². The van der Waals surface area contributed by atoms with Crippen LogP contribution in [0.5, 0.6) is 0 Å². The van der Waals surface area contributed by atoms with Crippen molar-refractivity contribution in [2.45, 2.75) is 26.4 Å². The van der Waals surface area contributed by atoms with Crippen LogP contribution in [0.4, 0.5) is 4.39 Å². The molecule has 0 aliphatic heterocycles. The third-order valence-corrected chi connectivity index (χ3v) is 5.22. The first kappa shape index (κ1) is 20.7. The molecular weight excluding hydrogens is 399 g/mol. The molecule has 31 heavy (non-hydrogen) atoms. The average Bonchev–Trinajstić information content (AvgIpc) is 3.13. The van der Waals surface area contributed by atoms with Gasteiger partial charge in [-0.1, -0.05) is 18.2 Å². The third kappa shape index (κ3) is 4.06. The van der Waals surface area contributed by atoms with E-state index in [-0.39, 0.29) is 23.8 Å². The summed E-state index contributed by atoms with van der Waals surface area (Å²) in [5, 5.41) is 3.23. The number of amides is 1. The predicted octanol–water partition coefficient (Wildman–Crippen LogP) is 3.06. The molecule has 0 saturated carbocycles. The quantitative estimate of drug-likeness (QED) is 0.465. The number of hydrogen-bond donors (Lipinski definition) is 1. The Morgan fingerprint density at radius 2 is 1.97 bits per heavy atom. The van der Waals surface area contributed by atoms with Crippen molar-refractivity contribution in [2.24, 2.45) is 0 Å². The zero-order valence-electron chi connectivity index (χ0n) is 17.4. The number of hydrogen-bond acceptors (Lipinski definition) is 4. The van der Waals surface area contributed by atoms with Gasteiger partial charge in [0.2, 0.25) is 0 Å². The van der Waals surface area contributed by atoms with E-state index in [1.165, 1.54) is 16.5 Å². The molecule has 7 nitrogen and oxygen atoms in total. The Balaban J connectivity index is 1.76. The van der Waals surface area contributed by atoms with Crippen molar-refractivity contribution < 1.29 is 13.9 Å². The van der Waals surface area contributed by atoms with Crippen LogP contribution in [0.3, 0.4) is 0 Å². The number of ether oxygens (including phenoxy) is 1. The Kier molecular flexibility index (Phi) is 5.81. The van der Waals surface area contributed by atoms with Gasteiger partial charge in [0.05, 0.1) is 5.39 Å². The molecule has 0 saturated heterocycles. The van der Waals surface area contributed by atoms with Crippen LogP contribution in [0.2, 0.25) is 0 Å². The monoisotopic (exact) mass is 422 g/mol. The summed E-state index contributed by atoms with van der Waals surface area (Å²) in [6, 6.07) is 11.2. The summed E-state index contributed by atoms with van der Waals surface area (Å²) in [6.07, 6.45) is 2.33. The van der Waals surface area contributed by atoms with Gasteiger partial charge in [-0.25, -0.2) is 9.37 Å². The van der Waals surface area contributed by atoms with Crippen LogP contribution < -0.4 is 10.9 Å². The van der Waals surface area contributed by atoms with Gasteiger partial charge >= 0.3 is 0 Å². The highest BCUT2D eigenvalue weighted by Gasteiger charge is 2.20. The molecule has 1 amide bonds. The molecule has 0 unspecified atom stereocenters. The van der Waals surface area contributed by atoms with E-state index in [2.05, 4.69) is 5.32 Å². The number of aryl methyl sites for hydroxylation is 2. The number of fused-ring (bicyclic) bond motifs is 2. The highest BCUT2D eigenvalue weighted by Crippen LogP contribution is 2.19. The minimum atomic E-state index is -0.331. The van der Waals surface area contributed by atoms with Crippen LogP contribution in [-0.2, 0) is 17.8 Å². The van der Waals surface area contributed by atoms with Crippen molar-refractivity contribution in [2.75, 3.05) is 13.7 Å². The standard InChI is InChI=1S/C23H23FN4O3/c1-15-5-3-10-28-20(15)26-21-18(23(28)30)13-19(27(21)11-4-12-31-2)22(29)25-14-16-6-8-17(24)9-7-16/h3,5-10,13H,4,11-12,14H2,1-2H3,(H,25,29). The van der Waals surface area contributed by atoms with E-state index in [0.29, 0.717) is 41.9 Å². The first-order chi connectivity index (χ1) is 15.0. The molecule has 0 bridgehead atoms. The first-order valence-electron chi connectivity index (χ1n) is 10.0. The number of pyridine rings is 1. The van der Waals surface area contributed by atoms with Crippen LogP contribution >= 0.6 is 0 Å². The van der Waals surface area contributed by atoms with Gasteiger partial charge in [0.1, 0.15) is 22.8 Å². The second-order valence-electron chi connectivity index (χ2n) is 7.38. The van der Waals surface area contributed by atoms with E-state index in [0.717, 1.165) is 11.1 Å². The summed E-state index contributed by atoms with van der Waals surface area (Å²) < 4.78 is 21.5. The number of rotatable bonds is 7. The largest absolute Gasteiger partial charge is 0.385 e. The van der Waals surface area contributed by atoms with E-state index >= 15 is 0 Å². The lowest BCUT2D eigenvalue weighted by Gasteiger charge is -2.11. The zero-order chi connectivity index (χ0) is 22.0. The summed E-state index contributed by atoms with van der Waals surface area (Å²) in [4.78, 5) is 30.8. The van der Waals surface area contributed by atoms with Gasteiger partial charge in [-0.05, 0) is 48.7 Å². The lowest BCUT2D eigenvalue weighted by atomic mass is 10.2. The predicted molar refractivity (Wildman–Crippen MR) is 116 cm³/mol. The van der Waals surface area contributed by atoms with Gasteiger partial charge in [0.15, 0.2) is 0 Å². The molecule has 1 aromatic carbocycles. The fourth-order valence-electron chi connectivity index (χ4n) is 3.62. The van der Waals surface area contributed by atoms with Crippen LogP contribution in [0.25, 0.3) is 16.7 Å². The summed E-state index contributed by atoms with van der Waals surface area (Å²) >= 11 is 0. The second-order valence-corrected chi connectivity index (χ2v) is 7.38. The number of aromatic nitrogens is 3. The summed E-state index contributed by atoms with van der Waals surface area (Å²) in [6.45, 7) is 3.13. The lowest BCUT2D eigenvalue weighted by Crippen LogP contribution is -2.25. The van der Waals surface area contributed by atoms with Gasteiger partial charge in [0, 0.05) is 33.0 Å². The molecule has 0 aliphatic carbocycles. The van der Waals surface area contributed by atoms with Crippen molar-refractivity contribution in [3.63, 3.8) is 0 Å². The molecule has 0 radical (unpaired) electrons. The summed E-state index contributed by atoms with van der Waals surface area (Å²) in [7, 11) is 1.62. The van der Waals surface area contributed by atoms with Crippen molar-refractivity contribution in [3.8, 4) is 0 Å². The number of halogens is 1. The van der Waals surface area contributed by atoms with Gasteiger partial charge in [0.25, 0.3) is 11.5 Å². The number of methoxy groups -OCH3 is 1. The minimum absolute atomic E-state index is 0.221. The van der Waals surface area contributed by atoms with Gasteiger partial charge in [-0.15, -0.1) is 0 Å². The molecule has 8 heteroatoms. The highest BCUT2D eigenvalue weighted by atomic mass is 19.1. The number of carbonyl (C=O) groups is 1. The molecule has 4 rings (SSSR count). The Hall–Kier alpha value is -3.52. The van der Waals surface area contributed by atoms with Gasteiger partial charge in [-0.2, -0.15) is 0 Å². The fourth-order valence-corrected chi connectivity index (χ4v) is 3.62. The number of carbonyl (C=O) groups excluding carboxylic acids is 1. The molecule has 3 aromatic heterocycles. The Bertz CT molecular complexity index is 1310. The van der Waals surface area contributed by atoms with Gasteiger partial charge in [-0.3, -0.25) is 14.0 Å². The second kappa shape index (κ2) is 8.69. The highest BCUT2D eigenvalue weighted by molar-refractivity contribution is 5.98. The van der Waals surface area contributed by atoms with Crippen LogP contribution in [0.15, 0.2) is 53.5 Å². The maximum Gasteiger partial charge on any atom is 0.268 e. The summed E-state index contributed by atoms with van der Waals surface area (Å²) in [5.41, 5.74) is 2.81. The maximum atomic E-state index is 13.1. The lowest BCUT2D eigenvalue weighted by molar-refractivity contribution is 0.0941. The molecule has 0 aliphatic rings. The van der Waals surface area contributed by atoms with Gasteiger partial charge < -0.3 is 14.6 Å². The van der Waals surface area contributed by atoms with Crippen molar-refractivity contribution in [1.29, 1.82) is 0 Å². The van der Waals surface area contributed by atoms with Crippen LogP contribution in [0, 0.1) is 12.7 Å². The molecule has 3 heterocycles. The molecule has 0 atom stereocenters. The first-order valence-corrected chi connectivity index (χ1v) is 10.0. The average molecular weight is 422 g/mol. The van der Waals surface area contributed by atoms with Crippen LogP contribution in [0.1, 0.15) is 28.0 Å². The smallest absolute Gasteiger partial charge is 0.268 e. The molecule has 1 N–H and O–H groups in total. The molecule has 0 fully saturated rings. The SMILES string of the molecule is COCCCn1c(C(=O)NCc2ccc(F)cc2)cc2c(=O)n3cccc(C)c3nc21. The van der Waals surface area contributed by atoms with Crippen LogP contribution in [-0.4, -0.2) is 33.6 Å². The number of nitrogens with zero attached hydrogens (tertiary/aromatic N) is 3. The van der Waals surface area contributed by atoms with E-state index < -0.39 is 0 Å². The molecule has 160 valence electrons. The van der Waals surface area contributed by atoms with E-state index in [4.69, 9.17) is 9.72 Å². The fraction of sp³-hybridized carbons (Fsp3) is 0.261. The molecule has 0 spiro atoms. The van der Waals surface area contributed by atoms with Crippen molar-refractivity contribution in [1.82, 2.24) is 19.3 Å². The maximum absolute atomic E-state index is 13.1. The Morgan fingerprint density at radius 3 is 2.71 bits per heavy atom. The summed E-state index contributed by atoms with van der Waals surface area (Å²) in [5.74, 6) is -0.660. The normalized spacial score (nSPS) is 11.3. The minimum Gasteiger partial charge on any atom is -0.385 e. The van der Waals surface area contributed by atoms with E-state index in [1.807, 2.05) is 13.0 Å². The Labute approximate surface area is 178 Å². The third-order valence-electron chi connectivity index (χ3n) is 5.22.